The van der Waals surface area contributed by atoms with E-state index in [0.29, 0.717) is 6.42 Å². The molecule has 6 nitrogen and oxygen atoms in total. The topological polar surface area (TPSA) is 90.9 Å². The van der Waals surface area contributed by atoms with E-state index < -0.39 is 0 Å². The van der Waals surface area contributed by atoms with Crippen LogP contribution in [0.15, 0.2) is 60.8 Å². The number of pyridine rings is 1. The van der Waals surface area contributed by atoms with E-state index in [1.165, 1.54) is 5.56 Å². The van der Waals surface area contributed by atoms with Crippen LogP contribution in [0.5, 0.6) is 0 Å². The second-order valence-electron chi connectivity index (χ2n) is 10.9. The first-order valence-corrected chi connectivity index (χ1v) is 12.8. The Labute approximate surface area is 212 Å². The Kier molecular flexibility index (Phi) is 6.63. The molecule has 1 saturated carbocycles. The fraction of sp³-hybridized carbons (Fsp3) is 0.367. The lowest BCUT2D eigenvalue weighted by Crippen LogP contribution is -2.28. The van der Waals surface area contributed by atoms with E-state index in [1.54, 1.807) is 6.20 Å². The highest BCUT2D eigenvalue weighted by atomic mass is 16.3. The van der Waals surface area contributed by atoms with Gasteiger partial charge in [0, 0.05) is 24.2 Å². The molecule has 4 aromatic rings. The van der Waals surface area contributed by atoms with E-state index in [-0.39, 0.29) is 23.3 Å². The van der Waals surface area contributed by atoms with Crippen molar-refractivity contribution in [2.45, 2.75) is 70.4 Å². The molecule has 1 aliphatic rings. The third-order valence-corrected chi connectivity index (χ3v) is 7.17. The van der Waals surface area contributed by atoms with Crippen LogP contribution in [0, 0.1) is 0 Å². The van der Waals surface area contributed by atoms with Crippen LogP contribution in [-0.4, -0.2) is 38.2 Å². The molecular formula is C30H34N4O2. The molecule has 0 spiro atoms. The number of benzene rings is 2. The summed E-state index contributed by atoms with van der Waals surface area (Å²) in [6.07, 6.45) is 5.38. The first-order chi connectivity index (χ1) is 17.3. The van der Waals surface area contributed by atoms with Gasteiger partial charge in [-0.1, -0.05) is 69.3 Å². The molecule has 0 atom stereocenters. The molecule has 5 rings (SSSR count). The number of nitrogens with one attached hydrogen (secondary N) is 2. The maximum absolute atomic E-state index is 13.0. The zero-order chi connectivity index (χ0) is 25.3. The SMILES string of the molecule is CC(C)(C)c1ccc(C(=O)Cc2cccc(-c3ccnc4[nH]nc(NC5CCC(O)CC5)c34)c2)cc1. The van der Waals surface area contributed by atoms with E-state index in [4.69, 9.17) is 0 Å². The second-order valence-corrected chi connectivity index (χ2v) is 10.9. The fourth-order valence-corrected chi connectivity index (χ4v) is 5.00. The number of aliphatic hydroxyl groups excluding tert-OH is 1. The highest BCUT2D eigenvalue weighted by Gasteiger charge is 2.22. The first-order valence-electron chi connectivity index (χ1n) is 12.8. The molecule has 0 radical (unpaired) electrons. The first kappa shape index (κ1) is 24.2. The van der Waals surface area contributed by atoms with Gasteiger partial charge in [-0.05, 0) is 59.4 Å². The molecule has 3 N–H and O–H groups in total. The molecule has 2 heterocycles. The molecule has 0 bridgehead atoms. The number of carbonyl (C=O) groups is 1. The zero-order valence-corrected chi connectivity index (χ0v) is 21.2. The highest BCUT2D eigenvalue weighted by molar-refractivity contribution is 6.01. The summed E-state index contributed by atoms with van der Waals surface area (Å²) < 4.78 is 0. The number of aliphatic hydroxyl groups is 1. The largest absolute Gasteiger partial charge is 0.393 e. The molecule has 0 aliphatic heterocycles. The number of hydrogen-bond acceptors (Lipinski definition) is 5. The molecule has 1 fully saturated rings. The third kappa shape index (κ3) is 5.19. The van der Waals surface area contributed by atoms with Crippen molar-refractivity contribution in [2.75, 3.05) is 5.32 Å². The number of aromatic nitrogens is 3. The fourth-order valence-electron chi connectivity index (χ4n) is 5.00. The minimum atomic E-state index is -0.196. The van der Waals surface area contributed by atoms with Crippen molar-refractivity contribution in [3.05, 3.63) is 77.5 Å². The number of H-pyrrole nitrogens is 1. The van der Waals surface area contributed by atoms with Crippen molar-refractivity contribution in [3.63, 3.8) is 0 Å². The number of fused-ring (bicyclic) bond motifs is 1. The summed E-state index contributed by atoms with van der Waals surface area (Å²) in [6, 6.07) is 18.4. The number of Topliss-reactive ketones (excluding diaryl/α,β-unsaturated/α-hetero) is 1. The van der Waals surface area contributed by atoms with Gasteiger partial charge < -0.3 is 10.4 Å². The van der Waals surface area contributed by atoms with Crippen LogP contribution in [-0.2, 0) is 11.8 Å². The van der Waals surface area contributed by atoms with Gasteiger partial charge in [0.1, 0.15) is 0 Å². The zero-order valence-electron chi connectivity index (χ0n) is 21.2. The van der Waals surface area contributed by atoms with Crippen LogP contribution in [0.4, 0.5) is 5.82 Å². The summed E-state index contributed by atoms with van der Waals surface area (Å²) in [5, 5.41) is 21.9. The monoisotopic (exact) mass is 482 g/mol. The number of ketones is 1. The Balaban J connectivity index is 1.39. The lowest BCUT2D eigenvalue weighted by Gasteiger charge is -2.26. The van der Waals surface area contributed by atoms with Crippen LogP contribution in [0.3, 0.4) is 0 Å². The van der Waals surface area contributed by atoms with Crippen LogP contribution in [0.2, 0.25) is 0 Å². The molecule has 2 aromatic carbocycles. The molecule has 1 aliphatic carbocycles. The smallest absolute Gasteiger partial charge is 0.167 e. The summed E-state index contributed by atoms with van der Waals surface area (Å²) in [5.74, 6) is 0.896. The Morgan fingerprint density at radius 1 is 1.06 bits per heavy atom. The number of aromatic amines is 1. The molecule has 0 amide bonds. The standard InChI is InChI=1S/C30H34N4O2/c1-30(2,3)22-9-7-20(8-10-22)26(36)18-19-5-4-6-21(17-19)25-15-16-31-28-27(25)29(34-33-28)32-23-11-13-24(35)14-12-23/h4-10,15-17,23-24,35H,11-14,18H2,1-3H3,(H2,31,32,33,34). The molecule has 0 unspecified atom stereocenters. The predicted molar refractivity (Wildman–Crippen MR) is 144 cm³/mol. The van der Waals surface area contributed by atoms with E-state index >= 15 is 0 Å². The van der Waals surface area contributed by atoms with E-state index in [9.17, 15) is 9.90 Å². The Hall–Kier alpha value is -3.51. The van der Waals surface area contributed by atoms with Crippen LogP contribution in [0.1, 0.15) is 67.9 Å². The molecular weight excluding hydrogens is 448 g/mol. The summed E-state index contributed by atoms with van der Waals surface area (Å²) >= 11 is 0. The number of nitrogens with zero attached hydrogens (tertiary/aromatic N) is 2. The minimum absolute atomic E-state index is 0.0603. The Bertz CT molecular complexity index is 1360. The summed E-state index contributed by atoms with van der Waals surface area (Å²) in [7, 11) is 0. The van der Waals surface area contributed by atoms with E-state index in [1.807, 2.05) is 30.3 Å². The van der Waals surface area contributed by atoms with Gasteiger partial charge in [0.25, 0.3) is 0 Å². The minimum Gasteiger partial charge on any atom is -0.393 e. The molecule has 186 valence electrons. The maximum Gasteiger partial charge on any atom is 0.167 e. The Morgan fingerprint density at radius 3 is 2.53 bits per heavy atom. The van der Waals surface area contributed by atoms with Gasteiger partial charge in [-0.15, -0.1) is 0 Å². The van der Waals surface area contributed by atoms with Gasteiger partial charge in [-0.25, -0.2) is 4.98 Å². The van der Waals surface area contributed by atoms with Gasteiger partial charge >= 0.3 is 0 Å². The summed E-state index contributed by atoms with van der Waals surface area (Å²) in [4.78, 5) is 17.5. The van der Waals surface area contributed by atoms with Crippen molar-refractivity contribution >= 4 is 22.6 Å². The molecule has 6 heteroatoms. The lowest BCUT2D eigenvalue weighted by molar-refractivity contribution is 0.0993. The van der Waals surface area contributed by atoms with Crippen LogP contribution >= 0.6 is 0 Å². The van der Waals surface area contributed by atoms with Crippen LogP contribution < -0.4 is 5.32 Å². The van der Waals surface area contributed by atoms with Gasteiger partial charge in [0.2, 0.25) is 0 Å². The molecule has 2 aromatic heterocycles. The molecule has 36 heavy (non-hydrogen) atoms. The van der Waals surface area contributed by atoms with Gasteiger partial charge in [-0.2, -0.15) is 5.10 Å². The van der Waals surface area contributed by atoms with Crippen LogP contribution in [0.25, 0.3) is 22.2 Å². The number of carbonyl (C=O) groups excluding carboxylic acids is 1. The van der Waals surface area contributed by atoms with Crippen molar-refractivity contribution < 1.29 is 9.90 Å². The quantitative estimate of drug-likeness (QED) is 0.291. The van der Waals surface area contributed by atoms with Gasteiger partial charge in [-0.3, -0.25) is 9.89 Å². The van der Waals surface area contributed by atoms with Crippen molar-refractivity contribution in [2.24, 2.45) is 0 Å². The Morgan fingerprint density at radius 2 is 1.81 bits per heavy atom. The lowest BCUT2D eigenvalue weighted by atomic mass is 9.86. The maximum atomic E-state index is 13.0. The average molecular weight is 483 g/mol. The van der Waals surface area contributed by atoms with E-state index in [0.717, 1.165) is 64.8 Å². The number of rotatable bonds is 6. The summed E-state index contributed by atoms with van der Waals surface area (Å²) in [6.45, 7) is 6.52. The highest BCUT2D eigenvalue weighted by Crippen LogP contribution is 2.33. The molecule has 0 saturated heterocycles. The van der Waals surface area contributed by atoms with Gasteiger partial charge in [0.15, 0.2) is 17.2 Å². The third-order valence-electron chi connectivity index (χ3n) is 7.17. The second kappa shape index (κ2) is 9.86. The van der Waals surface area contributed by atoms with Crippen molar-refractivity contribution in [1.82, 2.24) is 15.2 Å². The van der Waals surface area contributed by atoms with Crippen molar-refractivity contribution in [3.8, 4) is 11.1 Å². The van der Waals surface area contributed by atoms with E-state index in [2.05, 4.69) is 65.5 Å². The predicted octanol–water partition coefficient (Wildman–Crippen LogP) is 6.06. The van der Waals surface area contributed by atoms with Gasteiger partial charge in [0.05, 0.1) is 11.5 Å². The average Bonchev–Trinajstić information content (AvgIpc) is 3.28. The normalized spacial score (nSPS) is 18.3. The summed E-state index contributed by atoms with van der Waals surface area (Å²) in [5.41, 5.74) is 5.77. The number of anilines is 1. The number of hydrogen-bond donors (Lipinski definition) is 3. The van der Waals surface area contributed by atoms with Crippen molar-refractivity contribution in [1.29, 1.82) is 0 Å².